The maximum Gasteiger partial charge on any atom is 0.251 e. The van der Waals surface area contributed by atoms with Crippen molar-refractivity contribution in [3.8, 4) is 0 Å². The van der Waals surface area contributed by atoms with Crippen molar-refractivity contribution < 1.29 is 4.79 Å². The number of amides is 1. The molecule has 1 aromatic carbocycles. The van der Waals surface area contributed by atoms with E-state index in [1.54, 1.807) is 0 Å². The van der Waals surface area contributed by atoms with E-state index in [4.69, 9.17) is 0 Å². The summed E-state index contributed by atoms with van der Waals surface area (Å²) in [7, 11) is 0. The number of fused-ring (bicyclic) bond motifs is 1. The van der Waals surface area contributed by atoms with E-state index in [0.717, 1.165) is 31.4 Å². The summed E-state index contributed by atoms with van der Waals surface area (Å²) in [6.07, 6.45) is 3.22. The molecule has 1 amide bonds. The fraction of sp³-hybridized carbons (Fsp3) is 0.500. The summed E-state index contributed by atoms with van der Waals surface area (Å²) < 4.78 is 0. The van der Waals surface area contributed by atoms with E-state index in [9.17, 15) is 4.79 Å². The molecule has 2 aliphatic rings. The molecule has 1 saturated heterocycles. The second-order valence-electron chi connectivity index (χ2n) is 4.91. The molecule has 2 heterocycles. The van der Waals surface area contributed by atoms with Gasteiger partial charge in [0.2, 0.25) is 0 Å². The number of halogens is 1. The predicted molar refractivity (Wildman–Crippen MR) is 83.7 cm³/mol. The molecule has 0 aromatic heterocycles. The lowest BCUT2D eigenvalue weighted by Gasteiger charge is -2.22. The first kappa shape index (κ1) is 14.5. The molecule has 0 aliphatic carbocycles. The quantitative estimate of drug-likeness (QED) is 0.882. The minimum Gasteiger partial charge on any atom is -0.384 e. The Morgan fingerprint density at radius 1 is 1.32 bits per heavy atom. The Bertz CT molecular complexity index is 461. The molecule has 0 bridgehead atoms. The Balaban J connectivity index is 0.00000133. The van der Waals surface area contributed by atoms with Gasteiger partial charge in [-0.3, -0.25) is 4.79 Å². The van der Waals surface area contributed by atoms with E-state index in [1.165, 1.54) is 22.8 Å². The number of carbonyl (C=O) groups is 1. The zero-order chi connectivity index (χ0) is 12.4. The van der Waals surface area contributed by atoms with E-state index in [1.807, 2.05) is 30.0 Å². The number of hydrogen-bond acceptors (Lipinski definition) is 3. The van der Waals surface area contributed by atoms with Crippen LogP contribution in [0.2, 0.25) is 0 Å². The average molecular weight is 299 g/mol. The molecule has 0 saturated carbocycles. The average Bonchev–Trinajstić information content (AvgIpc) is 2.87. The van der Waals surface area contributed by atoms with Crippen molar-refractivity contribution in [2.45, 2.75) is 25.3 Å². The van der Waals surface area contributed by atoms with Gasteiger partial charge in [0.15, 0.2) is 0 Å². The predicted octanol–water partition coefficient (Wildman–Crippen LogP) is 2.70. The first-order valence-electron chi connectivity index (χ1n) is 6.58. The van der Waals surface area contributed by atoms with Gasteiger partial charge < -0.3 is 10.6 Å². The Morgan fingerprint density at radius 2 is 2.11 bits per heavy atom. The maximum atomic E-state index is 12.2. The summed E-state index contributed by atoms with van der Waals surface area (Å²) in [5.74, 6) is 2.42. The van der Waals surface area contributed by atoms with Crippen LogP contribution in [0.25, 0.3) is 0 Å². The SMILES string of the molecule is Cl.O=C(NC1CCSCC1)c1ccc2c(c1)CCN2. The van der Waals surface area contributed by atoms with Gasteiger partial charge in [0.1, 0.15) is 0 Å². The van der Waals surface area contributed by atoms with Crippen molar-refractivity contribution in [2.75, 3.05) is 23.4 Å². The van der Waals surface area contributed by atoms with E-state index >= 15 is 0 Å². The molecule has 2 N–H and O–H groups in total. The summed E-state index contributed by atoms with van der Waals surface area (Å²) in [4.78, 5) is 12.2. The molecule has 19 heavy (non-hydrogen) atoms. The summed E-state index contributed by atoms with van der Waals surface area (Å²) in [6.45, 7) is 0.986. The highest BCUT2D eigenvalue weighted by atomic mass is 35.5. The molecule has 0 atom stereocenters. The number of benzene rings is 1. The molecule has 3 rings (SSSR count). The lowest BCUT2D eigenvalue weighted by Crippen LogP contribution is -2.37. The smallest absolute Gasteiger partial charge is 0.251 e. The largest absolute Gasteiger partial charge is 0.384 e. The van der Waals surface area contributed by atoms with Gasteiger partial charge in [-0.05, 0) is 54.5 Å². The number of hydrogen-bond donors (Lipinski definition) is 2. The van der Waals surface area contributed by atoms with Crippen LogP contribution in [0.5, 0.6) is 0 Å². The van der Waals surface area contributed by atoms with Crippen molar-refractivity contribution in [3.05, 3.63) is 29.3 Å². The molecule has 5 heteroatoms. The number of carbonyl (C=O) groups excluding carboxylic acids is 1. The highest BCUT2D eigenvalue weighted by Crippen LogP contribution is 2.23. The zero-order valence-electron chi connectivity index (χ0n) is 10.8. The molecule has 104 valence electrons. The number of nitrogens with one attached hydrogen (secondary N) is 2. The summed E-state index contributed by atoms with van der Waals surface area (Å²) >= 11 is 1.98. The highest BCUT2D eigenvalue weighted by molar-refractivity contribution is 7.99. The fourth-order valence-corrected chi connectivity index (χ4v) is 3.66. The first-order valence-corrected chi connectivity index (χ1v) is 7.74. The van der Waals surface area contributed by atoms with Gasteiger partial charge >= 0.3 is 0 Å². The van der Waals surface area contributed by atoms with Crippen molar-refractivity contribution in [3.63, 3.8) is 0 Å². The van der Waals surface area contributed by atoms with Gasteiger partial charge in [-0.1, -0.05) is 0 Å². The fourth-order valence-electron chi connectivity index (χ4n) is 2.56. The minimum atomic E-state index is 0. The molecule has 3 nitrogen and oxygen atoms in total. The van der Waals surface area contributed by atoms with Crippen LogP contribution >= 0.6 is 24.2 Å². The Labute approximate surface area is 124 Å². The van der Waals surface area contributed by atoms with Gasteiger partial charge in [0, 0.05) is 23.8 Å². The molecule has 1 aromatic rings. The van der Waals surface area contributed by atoms with Crippen molar-refractivity contribution in [1.29, 1.82) is 0 Å². The number of anilines is 1. The second kappa shape index (κ2) is 6.53. The van der Waals surface area contributed by atoms with Gasteiger partial charge in [0.25, 0.3) is 5.91 Å². The topological polar surface area (TPSA) is 41.1 Å². The lowest BCUT2D eigenvalue weighted by atomic mass is 10.1. The highest BCUT2D eigenvalue weighted by Gasteiger charge is 2.18. The van der Waals surface area contributed by atoms with Crippen LogP contribution < -0.4 is 10.6 Å². The summed E-state index contributed by atoms with van der Waals surface area (Å²) in [5, 5.41) is 6.47. The molecule has 0 spiro atoms. The molecule has 2 aliphatic heterocycles. The normalized spacial score (nSPS) is 18.1. The van der Waals surface area contributed by atoms with Gasteiger partial charge in [-0.15, -0.1) is 12.4 Å². The monoisotopic (exact) mass is 298 g/mol. The van der Waals surface area contributed by atoms with Crippen LogP contribution in [-0.4, -0.2) is 30.0 Å². The lowest BCUT2D eigenvalue weighted by molar-refractivity contribution is 0.0935. The standard InChI is InChI=1S/C14H18N2OS.ClH/c17-14(16-12-4-7-18-8-5-12)11-1-2-13-10(9-11)3-6-15-13;/h1-2,9,12,15H,3-8H2,(H,16,17);1H. The van der Waals surface area contributed by atoms with Crippen LogP contribution in [0.15, 0.2) is 18.2 Å². The van der Waals surface area contributed by atoms with Crippen LogP contribution in [0.1, 0.15) is 28.8 Å². The van der Waals surface area contributed by atoms with Crippen molar-refractivity contribution in [2.24, 2.45) is 0 Å². The van der Waals surface area contributed by atoms with Crippen LogP contribution in [-0.2, 0) is 6.42 Å². The van der Waals surface area contributed by atoms with Crippen LogP contribution in [0.3, 0.4) is 0 Å². The summed E-state index contributed by atoms with van der Waals surface area (Å²) in [5.41, 5.74) is 3.25. The maximum absolute atomic E-state index is 12.2. The van der Waals surface area contributed by atoms with E-state index in [-0.39, 0.29) is 18.3 Å². The van der Waals surface area contributed by atoms with Crippen molar-refractivity contribution in [1.82, 2.24) is 5.32 Å². The molecule has 1 fully saturated rings. The number of thioether (sulfide) groups is 1. The van der Waals surface area contributed by atoms with Crippen LogP contribution in [0.4, 0.5) is 5.69 Å². The van der Waals surface area contributed by atoms with E-state index in [0.29, 0.717) is 6.04 Å². The molecule has 0 radical (unpaired) electrons. The van der Waals surface area contributed by atoms with E-state index < -0.39 is 0 Å². The Hall–Kier alpha value is -0.870. The second-order valence-corrected chi connectivity index (χ2v) is 6.13. The van der Waals surface area contributed by atoms with E-state index in [2.05, 4.69) is 10.6 Å². The van der Waals surface area contributed by atoms with Gasteiger partial charge in [-0.2, -0.15) is 11.8 Å². The van der Waals surface area contributed by atoms with Gasteiger partial charge in [-0.25, -0.2) is 0 Å². The third kappa shape index (κ3) is 3.37. The third-order valence-corrected chi connectivity index (χ3v) is 4.68. The van der Waals surface area contributed by atoms with Crippen molar-refractivity contribution >= 4 is 35.8 Å². The zero-order valence-corrected chi connectivity index (χ0v) is 12.4. The summed E-state index contributed by atoms with van der Waals surface area (Å²) in [6, 6.07) is 6.34. The Kier molecular flexibility index (Phi) is 4.99. The molecular formula is C14H19ClN2OS. The first-order chi connectivity index (χ1) is 8.83. The van der Waals surface area contributed by atoms with Crippen LogP contribution in [0, 0.1) is 0 Å². The molecule has 0 unspecified atom stereocenters. The third-order valence-electron chi connectivity index (χ3n) is 3.63. The minimum absolute atomic E-state index is 0. The van der Waals surface area contributed by atoms with Gasteiger partial charge in [0.05, 0.1) is 0 Å². The Morgan fingerprint density at radius 3 is 2.89 bits per heavy atom. The number of rotatable bonds is 2. The molecular weight excluding hydrogens is 280 g/mol.